The molecule has 0 aromatic heterocycles. The number of rotatable bonds is 3. The normalized spacial score (nSPS) is 7.53. The number of aryl methyl sites for hydroxylation is 2. The molecule has 1 aromatic carbocycles. The van der Waals surface area contributed by atoms with E-state index in [1.54, 1.807) is 0 Å². The second-order valence-corrected chi connectivity index (χ2v) is 2.92. The van der Waals surface area contributed by atoms with E-state index in [1.807, 2.05) is 41.5 Å². The Kier molecular flexibility index (Phi) is 26.1. The zero-order chi connectivity index (χ0) is 14.1. The van der Waals surface area contributed by atoms with Crippen molar-refractivity contribution in [1.82, 2.24) is 0 Å². The van der Waals surface area contributed by atoms with Gasteiger partial charge in [0.2, 0.25) is 0 Å². The molecule has 17 heavy (non-hydrogen) atoms. The lowest BCUT2D eigenvalue weighted by Gasteiger charge is -1.99. The van der Waals surface area contributed by atoms with Crippen molar-refractivity contribution in [2.45, 2.75) is 74.7 Å². The molecular formula is C17H34. The van der Waals surface area contributed by atoms with Crippen LogP contribution in [0.3, 0.4) is 0 Å². The standard InChI is InChI=1S/C11H16.3C2H6/c1-3-5-11-8-6-10(4-2)7-9-11;3*1-2/h6-9H,3-5H2,1-2H3;3*1-2H3. The average molecular weight is 238 g/mol. The van der Waals surface area contributed by atoms with E-state index in [0.29, 0.717) is 0 Å². The summed E-state index contributed by atoms with van der Waals surface area (Å²) in [6.07, 6.45) is 3.60. The third-order valence-corrected chi connectivity index (χ3v) is 1.97. The monoisotopic (exact) mass is 238 g/mol. The van der Waals surface area contributed by atoms with Crippen LogP contribution in [0.15, 0.2) is 24.3 Å². The van der Waals surface area contributed by atoms with Gasteiger partial charge in [0.25, 0.3) is 0 Å². The Morgan fingerprint density at radius 3 is 1.29 bits per heavy atom. The Balaban J connectivity index is -0.000000285. The van der Waals surface area contributed by atoms with Gasteiger partial charge in [0.05, 0.1) is 0 Å². The van der Waals surface area contributed by atoms with Crippen LogP contribution in [-0.4, -0.2) is 0 Å². The molecule has 1 aromatic rings. The van der Waals surface area contributed by atoms with Crippen molar-refractivity contribution in [2.24, 2.45) is 0 Å². The van der Waals surface area contributed by atoms with Crippen LogP contribution < -0.4 is 0 Å². The van der Waals surface area contributed by atoms with Crippen molar-refractivity contribution in [2.75, 3.05) is 0 Å². The molecule has 0 spiro atoms. The molecule has 0 aliphatic heterocycles. The van der Waals surface area contributed by atoms with Crippen LogP contribution in [-0.2, 0) is 12.8 Å². The van der Waals surface area contributed by atoms with Gasteiger partial charge < -0.3 is 0 Å². The van der Waals surface area contributed by atoms with E-state index >= 15 is 0 Å². The van der Waals surface area contributed by atoms with E-state index in [9.17, 15) is 0 Å². The highest BCUT2D eigenvalue weighted by Crippen LogP contribution is 2.06. The lowest BCUT2D eigenvalue weighted by Crippen LogP contribution is -1.84. The minimum atomic E-state index is 1.15. The summed E-state index contributed by atoms with van der Waals surface area (Å²) < 4.78 is 0. The van der Waals surface area contributed by atoms with Crippen molar-refractivity contribution in [3.63, 3.8) is 0 Å². The second-order valence-electron chi connectivity index (χ2n) is 2.92. The van der Waals surface area contributed by atoms with Crippen molar-refractivity contribution in [3.8, 4) is 0 Å². The summed E-state index contributed by atoms with van der Waals surface area (Å²) in [7, 11) is 0. The SMILES string of the molecule is CC.CC.CC.CCCc1ccc(CC)cc1. The van der Waals surface area contributed by atoms with Gasteiger partial charge in [-0.2, -0.15) is 0 Å². The van der Waals surface area contributed by atoms with Crippen LogP contribution >= 0.6 is 0 Å². The van der Waals surface area contributed by atoms with Gasteiger partial charge in [0.1, 0.15) is 0 Å². The Morgan fingerprint density at radius 2 is 1.00 bits per heavy atom. The molecule has 102 valence electrons. The molecule has 0 amide bonds. The molecule has 0 bridgehead atoms. The first kappa shape index (κ1) is 21.5. The smallest absolute Gasteiger partial charge is 0.0281 e. The van der Waals surface area contributed by atoms with Crippen LogP contribution in [0.5, 0.6) is 0 Å². The van der Waals surface area contributed by atoms with Gasteiger partial charge in [0.15, 0.2) is 0 Å². The van der Waals surface area contributed by atoms with Crippen molar-refractivity contribution < 1.29 is 0 Å². The molecule has 0 atom stereocenters. The average Bonchev–Trinajstić information content (AvgIpc) is 2.46. The Labute approximate surface area is 110 Å². The molecule has 0 radical (unpaired) electrons. The first-order chi connectivity index (χ1) is 8.36. The summed E-state index contributed by atoms with van der Waals surface area (Å²) in [5, 5.41) is 0. The molecule has 0 N–H and O–H groups in total. The third kappa shape index (κ3) is 13.2. The van der Waals surface area contributed by atoms with Crippen molar-refractivity contribution >= 4 is 0 Å². The zero-order valence-electron chi connectivity index (χ0n) is 13.4. The lowest BCUT2D eigenvalue weighted by atomic mass is 10.1. The molecule has 0 heteroatoms. The highest BCUT2D eigenvalue weighted by atomic mass is 14.0. The van der Waals surface area contributed by atoms with Crippen molar-refractivity contribution in [1.29, 1.82) is 0 Å². The summed E-state index contributed by atoms with van der Waals surface area (Å²) in [5.41, 5.74) is 2.90. The summed E-state index contributed by atoms with van der Waals surface area (Å²) in [6, 6.07) is 8.93. The Bertz CT molecular complexity index is 196. The van der Waals surface area contributed by atoms with E-state index < -0.39 is 0 Å². The van der Waals surface area contributed by atoms with E-state index in [2.05, 4.69) is 38.1 Å². The van der Waals surface area contributed by atoms with Crippen LogP contribution in [0.4, 0.5) is 0 Å². The number of hydrogen-bond acceptors (Lipinski definition) is 0. The quantitative estimate of drug-likeness (QED) is 0.581. The molecule has 0 aliphatic rings. The fraction of sp³-hybridized carbons (Fsp3) is 0.647. The van der Waals surface area contributed by atoms with E-state index in [0.717, 1.165) is 6.42 Å². The van der Waals surface area contributed by atoms with Crippen LogP contribution in [0.25, 0.3) is 0 Å². The van der Waals surface area contributed by atoms with E-state index in [1.165, 1.54) is 24.0 Å². The topological polar surface area (TPSA) is 0 Å². The fourth-order valence-electron chi connectivity index (χ4n) is 1.23. The molecule has 0 saturated carbocycles. The summed E-state index contributed by atoms with van der Waals surface area (Å²) in [4.78, 5) is 0. The molecule has 0 fully saturated rings. The predicted molar refractivity (Wildman–Crippen MR) is 83.9 cm³/mol. The van der Waals surface area contributed by atoms with E-state index in [4.69, 9.17) is 0 Å². The highest BCUT2D eigenvalue weighted by molar-refractivity contribution is 5.22. The number of hydrogen-bond donors (Lipinski definition) is 0. The Hall–Kier alpha value is -0.780. The van der Waals surface area contributed by atoms with Gasteiger partial charge in [-0.05, 0) is 24.0 Å². The minimum absolute atomic E-state index is 1.15. The molecule has 1 rings (SSSR count). The summed E-state index contributed by atoms with van der Waals surface area (Å²) >= 11 is 0. The van der Waals surface area contributed by atoms with Crippen LogP contribution in [0.2, 0.25) is 0 Å². The molecule has 0 aliphatic carbocycles. The molecule has 0 heterocycles. The largest absolute Gasteiger partial charge is 0.0683 e. The van der Waals surface area contributed by atoms with E-state index in [-0.39, 0.29) is 0 Å². The molecule has 0 saturated heterocycles. The first-order valence-corrected chi connectivity index (χ1v) is 7.44. The second kappa shape index (κ2) is 20.6. The van der Waals surface area contributed by atoms with Gasteiger partial charge in [-0.15, -0.1) is 0 Å². The molecule has 0 nitrogen and oxygen atoms in total. The maximum absolute atomic E-state index is 2.24. The number of benzene rings is 1. The predicted octanol–water partition coefficient (Wildman–Crippen LogP) is 6.28. The molecule has 0 unspecified atom stereocenters. The van der Waals surface area contributed by atoms with Crippen molar-refractivity contribution in [3.05, 3.63) is 35.4 Å². The van der Waals surface area contributed by atoms with Gasteiger partial charge >= 0.3 is 0 Å². The maximum Gasteiger partial charge on any atom is -0.0281 e. The van der Waals surface area contributed by atoms with Crippen LogP contribution in [0, 0.1) is 0 Å². The Morgan fingerprint density at radius 1 is 0.647 bits per heavy atom. The van der Waals surface area contributed by atoms with Gasteiger partial charge in [-0.1, -0.05) is 86.1 Å². The first-order valence-electron chi connectivity index (χ1n) is 7.44. The van der Waals surface area contributed by atoms with Crippen LogP contribution in [0.1, 0.15) is 72.9 Å². The van der Waals surface area contributed by atoms with Gasteiger partial charge in [0, 0.05) is 0 Å². The lowest BCUT2D eigenvalue weighted by molar-refractivity contribution is 0.920. The molecular weight excluding hydrogens is 204 g/mol. The third-order valence-electron chi connectivity index (χ3n) is 1.97. The summed E-state index contributed by atoms with van der Waals surface area (Å²) in [5.74, 6) is 0. The zero-order valence-corrected chi connectivity index (χ0v) is 13.4. The summed E-state index contributed by atoms with van der Waals surface area (Å²) in [6.45, 7) is 16.4. The minimum Gasteiger partial charge on any atom is -0.0683 e. The van der Waals surface area contributed by atoms with Gasteiger partial charge in [-0.25, -0.2) is 0 Å². The fourth-order valence-corrected chi connectivity index (χ4v) is 1.23. The highest BCUT2D eigenvalue weighted by Gasteiger charge is 1.90. The maximum atomic E-state index is 2.24. The van der Waals surface area contributed by atoms with Gasteiger partial charge in [-0.3, -0.25) is 0 Å².